The number of fused-ring (bicyclic) bond motifs is 2. The monoisotopic (exact) mass is 309 g/mol. The quantitative estimate of drug-likeness (QED) is 0.476. The van der Waals surface area contributed by atoms with E-state index in [1.54, 1.807) is 11.6 Å². The molecule has 0 unspecified atom stereocenters. The minimum absolute atomic E-state index is 0.0664. The maximum absolute atomic E-state index is 12.7. The fourth-order valence-corrected chi connectivity index (χ4v) is 2.72. The molecule has 0 aliphatic heterocycles. The Bertz CT molecular complexity index is 1230. The molecule has 3 heterocycles. The normalized spacial score (nSPS) is 11.3. The summed E-state index contributed by atoms with van der Waals surface area (Å²) in [6.07, 6.45) is 0. The molecular weight excluding hydrogens is 298 g/mol. The average molecular weight is 309 g/mol. The van der Waals surface area contributed by atoms with Gasteiger partial charge in [0.05, 0.1) is 16.8 Å². The van der Waals surface area contributed by atoms with E-state index >= 15 is 0 Å². The summed E-state index contributed by atoms with van der Waals surface area (Å²) >= 11 is 0. The summed E-state index contributed by atoms with van der Waals surface area (Å²) in [5.74, 6) is 0. The second-order valence-electron chi connectivity index (χ2n) is 5.17. The highest BCUT2D eigenvalue weighted by Gasteiger charge is 2.18. The first-order valence-corrected chi connectivity index (χ1v) is 6.89. The predicted molar refractivity (Wildman–Crippen MR) is 85.2 cm³/mol. The van der Waals surface area contributed by atoms with Gasteiger partial charge in [0.2, 0.25) is 5.43 Å². The first-order chi connectivity index (χ1) is 11.1. The number of aryl methyl sites for hydroxylation is 1. The second-order valence-corrected chi connectivity index (χ2v) is 5.17. The van der Waals surface area contributed by atoms with Crippen molar-refractivity contribution in [2.45, 2.75) is 6.92 Å². The molecule has 0 saturated heterocycles. The summed E-state index contributed by atoms with van der Waals surface area (Å²) in [6, 6.07) is 9.21. The molecule has 3 N–H and O–H groups in total. The number of hydrogen-bond donors (Lipinski definition) is 3. The van der Waals surface area contributed by atoms with E-state index < -0.39 is 16.5 Å². The molecule has 3 aromatic heterocycles. The van der Waals surface area contributed by atoms with Crippen LogP contribution in [0.5, 0.6) is 0 Å². The van der Waals surface area contributed by atoms with E-state index in [9.17, 15) is 14.4 Å². The van der Waals surface area contributed by atoms with E-state index in [1.807, 2.05) is 30.3 Å². The van der Waals surface area contributed by atoms with Gasteiger partial charge in [0.25, 0.3) is 11.1 Å². The number of pyridine rings is 1. The number of aromatic nitrogens is 5. The van der Waals surface area contributed by atoms with Crippen LogP contribution in [0.4, 0.5) is 0 Å². The van der Waals surface area contributed by atoms with Gasteiger partial charge in [-0.05, 0) is 19.1 Å². The van der Waals surface area contributed by atoms with E-state index in [4.69, 9.17) is 0 Å². The predicted octanol–water partition coefficient (Wildman–Crippen LogP) is 0.552. The largest absolute Gasteiger partial charge is 0.334 e. The highest BCUT2D eigenvalue weighted by atomic mass is 16.2. The van der Waals surface area contributed by atoms with E-state index in [1.165, 1.54) is 0 Å². The third-order valence-electron chi connectivity index (χ3n) is 3.75. The zero-order chi connectivity index (χ0) is 16.1. The van der Waals surface area contributed by atoms with Gasteiger partial charge in [0.15, 0.2) is 0 Å². The summed E-state index contributed by atoms with van der Waals surface area (Å²) in [5, 5.41) is 8.83. The van der Waals surface area contributed by atoms with Gasteiger partial charge in [-0.15, -0.1) is 0 Å². The Morgan fingerprint density at radius 1 is 0.957 bits per heavy atom. The summed E-state index contributed by atoms with van der Waals surface area (Å²) < 4.78 is 1.55. The van der Waals surface area contributed by atoms with Crippen LogP contribution in [0.1, 0.15) is 5.69 Å². The Morgan fingerprint density at radius 3 is 2.39 bits per heavy atom. The zero-order valence-corrected chi connectivity index (χ0v) is 12.0. The van der Waals surface area contributed by atoms with Crippen molar-refractivity contribution in [3.05, 3.63) is 67.0 Å². The van der Waals surface area contributed by atoms with Crippen LogP contribution in [0.2, 0.25) is 0 Å². The molecule has 0 bridgehead atoms. The number of benzene rings is 1. The number of rotatable bonds is 1. The van der Waals surface area contributed by atoms with Crippen LogP contribution >= 0.6 is 0 Å². The molecule has 0 saturated carbocycles. The van der Waals surface area contributed by atoms with Gasteiger partial charge in [0.1, 0.15) is 16.6 Å². The number of para-hydroxylation sites is 1. The molecule has 0 aliphatic rings. The third-order valence-corrected chi connectivity index (χ3v) is 3.75. The molecule has 0 atom stereocenters. The van der Waals surface area contributed by atoms with Crippen molar-refractivity contribution in [2.24, 2.45) is 0 Å². The van der Waals surface area contributed by atoms with Crippen LogP contribution in [0.3, 0.4) is 0 Å². The van der Waals surface area contributed by atoms with E-state index in [0.29, 0.717) is 11.3 Å². The van der Waals surface area contributed by atoms with Gasteiger partial charge < -0.3 is 4.98 Å². The minimum atomic E-state index is -0.644. The lowest BCUT2D eigenvalue weighted by Gasteiger charge is -2.03. The first-order valence-electron chi connectivity index (χ1n) is 6.89. The second kappa shape index (κ2) is 4.54. The van der Waals surface area contributed by atoms with Crippen LogP contribution in [0.15, 0.2) is 44.7 Å². The van der Waals surface area contributed by atoms with Crippen LogP contribution in [-0.4, -0.2) is 25.0 Å². The Kier molecular flexibility index (Phi) is 2.61. The molecule has 0 amide bonds. The molecule has 1 aromatic carbocycles. The smallest absolute Gasteiger partial charge is 0.287 e. The summed E-state index contributed by atoms with van der Waals surface area (Å²) in [7, 11) is 0. The molecule has 4 rings (SSSR count). The van der Waals surface area contributed by atoms with E-state index in [0.717, 1.165) is 5.69 Å². The number of hydrogen-bond acceptors (Lipinski definition) is 4. The van der Waals surface area contributed by atoms with Gasteiger partial charge in [-0.3, -0.25) is 24.6 Å². The van der Waals surface area contributed by atoms with Crippen LogP contribution in [0.25, 0.3) is 27.6 Å². The van der Waals surface area contributed by atoms with Crippen molar-refractivity contribution in [1.29, 1.82) is 0 Å². The fraction of sp³-hybridized carbons (Fsp3) is 0.0667. The molecule has 4 aromatic rings. The summed E-state index contributed by atoms with van der Waals surface area (Å²) in [6.45, 7) is 1.68. The zero-order valence-electron chi connectivity index (χ0n) is 12.0. The Labute approximate surface area is 127 Å². The molecule has 0 fully saturated rings. The number of nitrogens with one attached hydrogen (secondary N) is 3. The van der Waals surface area contributed by atoms with Crippen LogP contribution < -0.4 is 16.5 Å². The number of nitrogens with zero attached hydrogens (tertiary/aromatic N) is 2. The number of aromatic amines is 3. The molecule has 0 spiro atoms. The van der Waals surface area contributed by atoms with Gasteiger partial charge in [0, 0.05) is 0 Å². The Hall–Kier alpha value is -3.42. The summed E-state index contributed by atoms with van der Waals surface area (Å²) in [4.78, 5) is 39.4. The van der Waals surface area contributed by atoms with Crippen molar-refractivity contribution in [3.8, 4) is 5.69 Å². The lowest BCUT2D eigenvalue weighted by Crippen LogP contribution is -2.25. The van der Waals surface area contributed by atoms with Crippen molar-refractivity contribution in [2.75, 3.05) is 0 Å². The number of H-pyrrole nitrogens is 3. The van der Waals surface area contributed by atoms with Gasteiger partial charge >= 0.3 is 0 Å². The molecule has 23 heavy (non-hydrogen) atoms. The molecule has 8 heteroatoms. The Morgan fingerprint density at radius 2 is 1.65 bits per heavy atom. The third kappa shape index (κ3) is 1.78. The molecule has 114 valence electrons. The average Bonchev–Trinajstić information content (AvgIpc) is 2.89. The fourth-order valence-electron chi connectivity index (χ4n) is 2.72. The molecule has 8 nitrogen and oxygen atoms in total. The van der Waals surface area contributed by atoms with E-state index in [2.05, 4.69) is 20.3 Å². The summed E-state index contributed by atoms with van der Waals surface area (Å²) in [5.41, 5.74) is -0.202. The lowest BCUT2D eigenvalue weighted by molar-refractivity contribution is 0.878. The SMILES string of the molecule is Cc1nn(-c2ccccc2)c2[nH]c3c(=O)[nH][nH]c(=O)c3c(=O)c12. The van der Waals surface area contributed by atoms with Gasteiger partial charge in [-0.25, -0.2) is 4.68 Å². The molecule has 0 aliphatic carbocycles. The highest BCUT2D eigenvalue weighted by Crippen LogP contribution is 2.18. The minimum Gasteiger partial charge on any atom is -0.334 e. The van der Waals surface area contributed by atoms with Crippen molar-refractivity contribution in [3.63, 3.8) is 0 Å². The van der Waals surface area contributed by atoms with Gasteiger partial charge in [-0.2, -0.15) is 5.10 Å². The van der Waals surface area contributed by atoms with Crippen molar-refractivity contribution in [1.82, 2.24) is 25.0 Å². The van der Waals surface area contributed by atoms with Crippen molar-refractivity contribution < 1.29 is 0 Å². The first kappa shape index (κ1) is 13.3. The van der Waals surface area contributed by atoms with Crippen molar-refractivity contribution >= 4 is 21.9 Å². The molecule has 0 radical (unpaired) electrons. The van der Waals surface area contributed by atoms with E-state index in [-0.39, 0.29) is 16.3 Å². The maximum Gasteiger partial charge on any atom is 0.287 e. The topological polar surface area (TPSA) is 116 Å². The standard InChI is InChI=1S/C15H11N5O3/c1-7-9-12(21)10-11(15(23)18-17-14(10)22)16-13(9)20(19-7)8-5-3-2-4-6-8/h2-6H,1H3,(H,16,21)(H,17,22)(H,18,23). The van der Waals surface area contributed by atoms with Gasteiger partial charge in [-0.1, -0.05) is 18.2 Å². The molecular formula is C15H11N5O3. The van der Waals surface area contributed by atoms with Crippen LogP contribution in [0, 0.1) is 6.92 Å². The maximum atomic E-state index is 12.7. The highest BCUT2D eigenvalue weighted by molar-refractivity contribution is 5.91. The lowest BCUT2D eigenvalue weighted by atomic mass is 10.2. The van der Waals surface area contributed by atoms with Crippen LogP contribution in [-0.2, 0) is 0 Å². The Balaban J connectivity index is 2.27.